The Kier molecular flexibility index (Phi) is 7.67. The van der Waals surface area contributed by atoms with E-state index in [2.05, 4.69) is 5.32 Å². The summed E-state index contributed by atoms with van der Waals surface area (Å²) in [6, 6.07) is 9.10. The molecule has 3 atom stereocenters. The largest absolute Gasteiger partial charge is 0.464 e. The highest BCUT2D eigenvalue weighted by Crippen LogP contribution is 2.51. The second-order valence-corrected chi connectivity index (χ2v) is 8.61. The Bertz CT molecular complexity index is 793. The van der Waals surface area contributed by atoms with Crippen molar-refractivity contribution < 1.29 is 33.3 Å². The third-order valence-corrected chi connectivity index (χ3v) is 4.92. The van der Waals surface area contributed by atoms with Crippen molar-refractivity contribution in [3.63, 3.8) is 0 Å². The fourth-order valence-electron chi connectivity index (χ4n) is 3.41. The zero-order chi connectivity index (χ0) is 23.3. The average Bonchev–Trinajstić information content (AvgIpc) is 3.42. The summed E-state index contributed by atoms with van der Waals surface area (Å²) in [6.07, 6.45) is -0.728. The summed E-state index contributed by atoms with van der Waals surface area (Å²) >= 11 is 0. The minimum atomic E-state index is -1.67. The SMILES string of the molecule is CCOC(=O)[C@@]1(NC(=O)OCc2ccccc2)C[C@@H]1C(N)(COC)C(=O)OC(C)(C)C. The molecule has 9 nitrogen and oxygen atoms in total. The summed E-state index contributed by atoms with van der Waals surface area (Å²) in [5, 5.41) is 2.58. The maximum absolute atomic E-state index is 12.9. The number of carbonyl (C=O) groups excluding carboxylic acids is 3. The van der Waals surface area contributed by atoms with Crippen LogP contribution in [0.3, 0.4) is 0 Å². The molecule has 1 saturated carbocycles. The number of carbonyl (C=O) groups is 3. The first-order valence-corrected chi connectivity index (χ1v) is 10.2. The van der Waals surface area contributed by atoms with Gasteiger partial charge in [-0.2, -0.15) is 0 Å². The van der Waals surface area contributed by atoms with Gasteiger partial charge in [0.2, 0.25) is 0 Å². The van der Waals surface area contributed by atoms with E-state index in [9.17, 15) is 14.4 Å². The van der Waals surface area contributed by atoms with Crippen molar-refractivity contribution in [2.75, 3.05) is 20.3 Å². The quantitative estimate of drug-likeness (QED) is 0.444. The molecule has 0 aromatic heterocycles. The van der Waals surface area contributed by atoms with Crippen LogP contribution in [0.4, 0.5) is 4.79 Å². The van der Waals surface area contributed by atoms with Gasteiger partial charge in [0.1, 0.15) is 23.3 Å². The highest BCUT2D eigenvalue weighted by molar-refractivity contribution is 5.93. The Labute approximate surface area is 182 Å². The lowest BCUT2D eigenvalue weighted by atomic mass is 9.91. The van der Waals surface area contributed by atoms with Crippen LogP contribution in [-0.2, 0) is 35.1 Å². The predicted octanol–water partition coefficient (Wildman–Crippen LogP) is 1.92. The van der Waals surface area contributed by atoms with Crippen molar-refractivity contribution in [2.45, 2.75) is 57.4 Å². The van der Waals surface area contributed by atoms with Gasteiger partial charge in [0.25, 0.3) is 0 Å². The van der Waals surface area contributed by atoms with Crippen molar-refractivity contribution >= 4 is 18.0 Å². The molecule has 0 aliphatic heterocycles. The van der Waals surface area contributed by atoms with Crippen LogP contribution < -0.4 is 11.1 Å². The summed E-state index contributed by atoms with van der Waals surface area (Å²) in [5.74, 6) is -2.21. The Morgan fingerprint density at radius 1 is 1.16 bits per heavy atom. The van der Waals surface area contributed by atoms with Crippen LogP contribution in [0.25, 0.3) is 0 Å². The molecule has 2 rings (SSSR count). The number of rotatable bonds is 9. The molecule has 0 saturated heterocycles. The molecule has 0 radical (unpaired) electrons. The maximum atomic E-state index is 12.9. The second kappa shape index (κ2) is 9.65. The van der Waals surface area contributed by atoms with Gasteiger partial charge in [-0.25, -0.2) is 14.4 Å². The number of esters is 2. The Hall–Kier alpha value is -2.65. The van der Waals surface area contributed by atoms with Crippen LogP contribution in [0, 0.1) is 5.92 Å². The third kappa shape index (κ3) is 5.95. The molecule has 0 heterocycles. The molecule has 0 spiro atoms. The predicted molar refractivity (Wildman–Crippen MR) is 112 cm³/mol. The first-order valence-electron chi connectivity index (χ1n) is 10.2. The summed E-state index contributed by atoms with van der Waals surface area (Å²) in [7, 11) is 1.39. The number of nitrogens with one attached hydrogen (secondary N) is 1. The topological polar surface area (TPSA) is 126 Å². The highest BCUT2D eigenvalue weighted by atomic mass is 16.6. The van der Waals surface area contributed by atoms with Gasteiger partial charge in [-0.05, 0) is 39.7 Å². The molecular weight excluding hydrogens is 404 g/mol. The molecule has 1 aliphatic carbocycles. The Morgan fingerprint density at radius 3 is 2.35 bits per heavy atom. The van der Waals surface area contributed by atoms with Crippen molar-refractivity contribution in [3.8, 4) is 0 Å². The van der Waals surface area contributed by atoms with Crippen molar-refractivity contribution in [1.82, 2.24) is 5.32 Å². The standard InChI is InChI=1S/C22H32N2O7/c1-6-29-18(26)22(24-19(27)30-13-15-10-8-7-9-11-15)12-16(22)21(23,14-28-5)17(25)31-20(2,3)4/h7-11,16H,6,12-14,23H2,1-5H3,(H,24,27)/t16-,21?,22-/m1/s1. The maximum Gasteiger partial charge on any atom is 0.408 e. The van der Waals surface area contributed by atoms with Crippen LogP contribution in [-0.4, -0.2) is 55.0 Å². The molecule has 0 bridgehead atoms. The molecule has 1 aromatic rings. The van der Waals surface area contributed by atoms with Gasteiger partial charge in [0.15, 0.2) is 0 Å². The van der Waals surface area contributed by atoms with Crippen molar-refractivity contribution in [3.05, 3.63) is 35.9 Å². The van der Waals surface area contributed by atoms with Crippen molar-refractivity contribution in [2.24, 2.45) is 11.7 Å². The smallest absolute Gasteiger partial charge is 0.408 e. The number of nitrogens with two attached hydrogens (primary N) is 1. The molecule has 1 fully saturated rings. The van der Waals surface area contributed by atoms with Crippen molar-refractivity contribution in [1.29, 1.82) is 0 Å². The Balaban J connectivity index is 2.20. The molecule has 31 heavy (non-hydrogen) atoms. The van der Waals surface area contributed by atoms with E-state index >= 15 is 0 Å². The van der Waals surface area contributed by atoms with E-state index in [-0.39, 0.29) is 26.2 Å². The third-order valence-electron chi connectivity index (χ3n) is 4.92. The number of alkyl carbamates (subject to hydrolysis) is 1. The van der Waals surface area contributed by atoms with Gasteiger partial charge in [-0.1, -0.05) is 30.3 Å². The zero-order valence-electron chi connectivity index (χ0n) is 18.7. The molecule has 3 N–H and O–H groups in total. The van der Waals surface area contributed by atoms with E-state index in [0.29, 0.717) is 0 Å². The number of methoxy groups -OCH3 is 1. The number of hydrogen-bond acceptors (Lipinski definition) is 8. The molecule has 1 aromatic carbocycles. The number of hydrogen-bond donors (Lipinski definition) is 2. The average molecular weight is 437 g/mol. The summed E-state index contributed by atoms with van der Waals surface area (Å²) in [4.78, 5) is 38.1. The molecule has 1 aliphatic rings. The van der Waals surface area contributed by atoms with E-state index < -0.39 is 40.6 Å². The molecule has 9 heteroatoms. The van der Waals surface area contributed by atoms with Crippen LogP contribution >= 0.6 is 0 Å². The summed E-state index contributed by atoms with van der Waals surface area (Å²) in [6.45, 7) is 6.70. The van der Waals surface area contributed by atoms with Gasteiger partial charge >= 0.3 is 18.0 Å². The monoisotopic (exact) mass is 436 g/mol. The van der Waals surface area contributed by atoms with E-state index in [0.717, 1.165) is 5.56 Å². The zero-order valence-corrected chi connectivity index (χ0v) is 18.7. The lowest BCUT2D eigenvalue weighted by molar-refractivity contribution is -0.165. The van der Waals surface area contributed by atoms with Gasteiger partial charge in [0.05, 0.1) is 13.2 Å². The lowest BCUT2D eigenvalue weighted by Crippen LogP contribution is -2.61. The second-order valence-electron chi connectivity index (χ2n) is 8.61. The molecule has 1 unspecified atom stereocenters. The fourth-order valence-corrected chi connectivity index (χ4v) is 3.41. The highest BCUT2D eigenvalue weighted by Gasteiger charge is 2.72. The number of ether oxygens (including phenoxy) is 4. The van der Waals surface area contributed by atoms with Crippen LogP contribution in [0.5, 0.6) is 0 Å². The molecule has 1 amide bonds. The van der Waals surface area contributed by atoms with E-state index in [1.807, 2.05) is 18.2 Å². The lowest BCUT2D eigenvalue weighted by Gasteiger charge is -2.32. The van der Waals surface area contributed by atoms with Gasteiger partial charge in [-0.15, -0.1) is 0 Å². The first-order chi connectivity index (χ1) is 14.5. The van der Waals surface area contributed by atoms with E-state index in [1.165, 1.54) is 7.11 Å². The summed E-state index contributed by atoms with van der Waals surface area (Å²) in [5.41, 5.74) is 3.24. The minimum absolute atomic E-state index is 0.0220. The molecular formula is C22H32N2O7. The van der Waals surface area contributed by atoms with Gasteiger partial charge in [0, 0.05) is 13.0 Å². The summed E-state index contributed by atoms with van der Waals surface area (Å²) < 4.78 is 21.0. The first kappa shape index (κ1) is 24.6. The fraction of sp³-hybridized carbons (Fsp3) is 0.591. The minimum Gasteiger partial charge on any atom is -0.464 e. The number of benzene rings is 1. The van der Waals surface area contributed by atoms with Crippen LogP contribution in [0.2, 0.25) is 0 Å². The van der Waals surface area contributed by atoms with E-state index in [4.69, 9.17) is 24.7 Å². The van der Waals surface area contributed by atoms with Crippen LogP contribution in [0.15, 0.2) is 30.3 Å². The van der Waals surface area contributed by atoms with Gasteiger partial charge in [-0.3, -0.25) is 0 Å². The number of amides is 1. The van der Waals surface area contributed by atoms with Gasteiger partial charge < -0.3 is 30.0 Å². The van der Waals surface area contributed by atoms with E-state index in [1.54, 1.807) is 39.8 Å². The normalized spacial score (nSPS) is 22.1. The molecule has 172 valence electrons. The Morgan fingerprint density at radius 2 is 1.81 bits per heavy atom. The van der Waals surface area contributed by atoms with Crippen LogP contribution in [0.1, 0.15) is 39.7 Å².